The van der Waals surface area contributed by atoms with Crippen LogP contribution in [0.5, 0.6) is 0 Å². The third-order valence-corrected chi connectivity index (χ3v) is 4.79. The second-order valence-electron chi connectivity index (χ2n) is 3.53. The van der Waals surface area contributed by atoms with Crippen LogP contribution in [0.1, 0.15) is 20.8 Å². The highest BCUT2D eigenvalue weighted by atomic mass is 28.4. The number of rotatable bonds is 9. The lowest BCUT2D eigenvalue weighted by Gasteiger charge is -2.27. The van der Waals surface area contributed by atoms with Gasteiger partial charge in [0.15, 0.2) is 0 Å². The Bertz CT molecular complexity index is 181. The van der Waals surface area contributed by atoms with Crippen molar-refractivity contribution in [1.29, 1.82) is 0 Å². The normalized spacial score (nSPS) is 12.3. The minimum absolute atomic E-state index is 0.627. The lowest BCUT2D eigenvalue weighted by Crippen LogP contribution is -2.45. The van der Waals surface area contributed by atoms with Gasteiger partial charge in [0.25, 0.3) is 0 Å². The van der Waals surface area contributed by atoms with Crippen molar-refractivity contribution in [3.63, 3.8) is 0 Å². The molecule has 0 rings (SSSR count). The van der Waals surface area contributed by atoms with Gasteiger partial charge in [-0.1, -0.05) is 6.08 Å². The van der Waals surface area contributed by atoms with Crippen LogP contribution in [0.15, 0.2) is 12.3 Å². The quantitative estimate of drug-likeness (QED) is 0.584. The number of allylic oxidation sites excluding steroid dienone is 1. The van der Waals surface area contributed by atoms with Crippen molar-refractivity contribution in [3.05, 3.63) is 12.3 Å². The first-order chi connectivity index (χ1) is 7.60. The van der Waals surface area contributed by atoms with Gasteiger partial charge in [-0.3, -0.25) is 0 Å². The molecule has 4 nitrogen and oxygen atoms in total. The fourth-order valence-corrected chi connectivity index (χ4v) is 3.69. The summed E-state index contributed by atoms with van der Waals surface area (Å²) in [5, 5.41) is 0. The Hall–Kier alpha value is -0.363. The summed E-state index contributed by atoms with van der Waals surface area (Å²) in [5.74, 6) is 0. The van der Waals surface area contributed by atoms with Crippen LogP contribution < -0.4 is 0 Å². The molecule has 96 valence electrons. The van der Waals surface area contributed by atoms with Crippen molar-refractivity contribution in [1.82, 2.24) is 4.90 Å². The van der Waals surface area contributed by atoms with E-state index in [1.165, 1.54) is 0 Å². The van der Waals surface area contributed by atoms with Gasteiger partial charge in [-0.25, -0.2) is 0 Å². The van der Waals surface area contributed by atoms with Gasteiger partial charge >= 0.3 is 8.80 Å². The van der Waals surface area contributed by atoms with E-state index in [-0.39, 0.29) is 0 Å². The van der Waals surface area contributed by atoms with E-state index in [2.05, 4.69) is 0 Å². The van der Waals surface area contributed by atoms with Crippen molar-refractivity contribution in [3.8, 4) is 0 Å². The van der Waals surface area contributed by atoms with Crippen LogP contribution in [0.3, 0.4) is 0 Å². The van der Waals surface area contributed by atoms with E-state index in [0.29, 0.717) is 19.8 Å². The molecule has 0 heterocycles. The van der Waals surface area contributed by atoms with Gasteiger partial charge in [-0.15, -0.1) is 0 Å². The highest BCUT2D eigenvalue weighted by Crippen LogP contribution is 2.16. The van der Waals surface area contributed by atoms with E-state index in [1.807, 2.05) is 52.0 Å². The minimum atomic E-state index is -2.48. The Balaban J connectivity index is 4.46. The molecule has 0 spiro atoms. The Morgan fingerprint density at radius 2 is 1.38 bits per heavy atom. The maximum Gasteiger partial charge on any atom is 0.504 e. The Labute approximate surface area is 101 Å². The average Bonchev–Trinajstić information content (AvgIpc) is 2.18. The van der Waals surface area contributed by atoms with Gasteiger partial charge in [0, 0.05) is 40.0 Å². The molecule has 0 radical (unpaired) electrons. The summed E-state index contributed by atoms with van der Waals surface area (Å²) in [6.45, 7) is 7.78. The molecule has 0 amide bonds. The predicted molar refractivity (Wildman–Crippen MR) is 68.3 cm³/mol. The Kier molecular flexibility index (Phi) is 8.55. The van der Waals surface area contributed by atoms with E-state index in [9.17, 15) is 0 Å². The molecule has 16 heavy (non-hydrogen) atoms. The molecule has 0 aromatic carbocycles. The van der Waals surface area contributed by atoms with Gasteiger partial charge in [0.1, 0.15) is 0 Å². The van der Waals surface area contributed by atoms with Crippen LogP contribution in [0, 0.1) is 0 Å². The van der Waals surface area contributed by atoms with E-state index in [1.54, 1.807) is 0 Å². The van der Waals surface area contributed by atoms with Gasteiger partial charge in [0.2, 0.25) is 0 Å². The zero-order chi connectivity index (χ0) is 12.4. The standard InChI is InChI=1S/C11H25NO3Si/c1-6-13-16(14-7-2,15-8-3)11-9-10-12(4)5/h9-10H,6-8,11H2,1-5H3. The SMILES string of the molecule is CCO[Si](CC=CN(C)C)(OCC)OCC. The van der Waals surface area contributed by atoms with Crippen LogP contribution in [0.4, 0.5) is 0 Å². The summed E-state index contributed by atoms with van der Waals surface area (Å²) in [7, 11) is 1.50. The average molecular weight is 247 g/mol. The fraction of sp³-hybridized carbons (Fsp3) is 0.818. The molecule has 0 aliphatic heterocycles. The Morgan fingerprint density at radius 3 is 1.69 bits per heavy atom. The molecule has 0 bridgehead atoms. The summed E-state index contributed by atoms with van der Waals surface area (Å²) in [6.07, 6.45) is 4.05. The second-order valence-corrected chi connectivity index (χ2v) is 6.17. The summed E-state index contributed by atoms with van der Waals surface area (Å²) in [4.78, 5) is 1.99. The lowest BCUT2D eigenvalue weighted by molar-refractivity contribution is 0.0742. The van der Waals surface area contributed by atoms with Crippen LogP contribution in [0.2, 0.25) is 6.04 Å². The maximum atomic E-state index is 5.72. The van der Waals surface area contributed by atoms with Gasteiger partial charge in [-0.05, 0) is 27.0 Å². The summed E-state index contributed by atoms with van der Waals surface area (Å²) in [6, 6.07) is 0.723. The molecular weight excluding hydrogens is 222 g/mol. The van der Waals surface area contributed by atoms with Gasteiger partial charge in [0.05, 0.1) is 0 Å². The van der Waals surface area contributed by atoms with Crippen molar-refractivity contribution < 1.29 is 13.3 Å². The topological polar surface area (TPSA) is 30.9 Å². The first-order valence-corrected chi connectivity index (χ1v) is 7.78. The molecule has 0 N–H and O–H groups in total. The van der Waals surface area contributed by atoms with Crippen molar-refractivity contribution in [2.24, 2.45) is 0 Å². The van der Waals surface area contributed by atoms with Crippen LogP contribution in [0.25, 0.3) is 0 Å². The summed E-state index contributed by atoms with van der Waals surface area (Å²) < 4.78 is 17.2. The van der Waals surface area contributed by atoms with Crippen molar-refractivity contribution >= 4 is 8.80 Å². The van der Waals surface area contributed by atoms with E-state index < -0.39 is 8.80 Å². The first kappa shape index (κ1) is 15.6. The molecule has 0 aromatic heterocycles. The van der Waals surface area contributed by atoms with E-state index in [4.69, 9.17) is 13.3 Å². The lowest BCUT2D eigenvalue weighted by atomic mass is 10.6. The highest BCUT2D eigenvalue weighted by molar-refractivity contribution is 6.61. The molecule has 0 aliphatic carbocycles. The third kappa shape index (κ3) is 6.27. The molecule has 5 heteroatoms. The molecule has 0 aliphatic rings. The second kappa shape index (κ2) is 8.75. The van der Waals surface area contributed by atoms with Crippen LogP contribution in [-0.4, -0.2) is 47.6 Å². The van der Waals surface area contributed by atoms with Gasteiger partial charge < -0.3 is 18.2 Å². The van der Waals surface area contributed by atoms with Gasteiger partial charge in [-0.2, -0.15) is 0 Å². The largest absolute Gasteiger partial charge is 0.504 e. The van der Waals surface area contributed by atoms with E-state index in [0.717, 1.165) is 6.04 Å². The number of hydrogen-bond acceptors (Lipinski definition) is 4. The minimum Gasteiger partial charge on any atom is -0.384 e. The zero-order valence-electron chi connectivity index (χ0n) is 11.2. The van der Waals surface area contributed by atoms with Crippen LogP contribution in [-0.2, 0) is 13.3 Å². The molecule has 0 saturated carbocycles. The monoisotopic (exact) mass is 247 g/mol. The third-order valence-electron chi connectivity index (χ3n) is 1.86. The van der Waals surface area contributed by atoms with Crippen molar-refractivity contribution in [2.45, 2.75) is 26.8 Å². The molecule has 0 atom stereocenters. The summed E-state index contributed by atoms with van der Waals surface area (Å²) in [5.41, 5.74) is 0. The molecule has 0 aromatic rings. The number of nitrogens with zero attached hydrogens (tertiary/aromatic N) is 1. The molecule has 0 saturated heterocycles. The van der Waals surface area contributed by atoms with Crippen molar-refractivity contribution in [2.75, 3.05) is 33.9 Å². The first-order valence-electron chi connectivity index (χ1n) is 5.85. The van der Waals surface area contributed by atoms with Crippen LogP contribution >= 0.6 is 0 Å². The number of hydrogen-bond donors (Lipinski definition) is 0. The smallest absolute Gasteiger partial charge is 0.384 e. The zero-order valence-corrected chi connectivity index (χ0v) is 12.2. The Morgan fingerprint density at radius 1 is 0.938 bits per heavy atom. The predicted octanol–water partition coefficient (Wildman–Crippen LogP) is 2.11. The highest BCUT2D eigenvalue weighted by Gasteiger charge is 2.38. The molecule has 0 unspecified atom stereocenters. The molecular formula is C11H25NO3Si. The molecule has 0 fully saturated rings. The fourth-order valence-electron chi connectivity index (χ4n) is 1.37. The summed E-state index contributed by atoms with van der Waals surface area (Å²) >= 11 is 0. The van der Waals surface area contributed by atoms with E-state index >= 15 is 0 Å². The maximum absolute atomic E-state index is 5.72.